The van der Waals surface area contributed by atoms with Crippen LogP contribution in [-0.2, 0) is 16.1 Å². The SMILES string of the molecule is Cc1ccccc1CNC(=O)C1CCOCC1. The highest BCUT2D eigenvalue weighted by atomic mass is 16.5. The lowest BCUT2D eigenvalue weighted by Crippen LogP contribution is -2.33. The molecular formula is C14H19NO2. The Labute approximate surface area is 102 Å². The number of hydrogen-bond acceptors (Lipinski definition) is 2. The molecule has 1 heterocycles. The van der Waals surface area contributed by atoms with Crippen LogP contribution in [0.5, 0.6) is 0 Å². The van der Waals surface area contributed by atoms with Crippen LogP contribution in [0.15, 0.2) is 24.3 Å². The summed E-state index contributed by atoms with van der Waals surface area (Å²) in [5.41, 5.74) is 2.41. The highest BCUT2D eigenvalue weighted by Gasteiger charge is 2.21. The van der Waals surface area contributed by atoms with Crippen LogP contribution in [0.4, 0.5) is 0 Å². The van der Waals surface area contributed by atoms with Crippen molar-refractivity contribution >= 4 is 5.91 Å². The molecule has 1 saturated heterocycles. The molecule has 1 aromatic carbocycles. The van der Waals surface area contributed by atoms with E-state index in [1.807, 2.05) is 12.1 Å². The molecule has 1 fully saturated rings. The average Bonchev–Trinajstić information content (AvgIpc) is 2.38. The van der Waals surface area contributed by atoms with Gasteiger partial charge >= 0.3 is 0 Å². The van der Waals surface area contributed by atoms with Crippen molar-refractivity contribution in [2.45, 2.75) is 26.3 Å². The van der Waals surface area contributed by atoms with Crippen molar-refractivity contribution in [1.29, 1.82) is 0 Å². The van der Waals surface area contributed by atoms with Gasteiger partial charge in [-0.1, -0.05) is 24.3 Å². The van der Waals surface area contributed by atoms with Gasteiger partial charge in [-0.3, -0.25) is 4.79 Å². The molecule has 0 atom stereocenters. The van der Waals surface area contributed by atoms with Crippen LogP contribution >= 0.6 is 0 Å². The van der Waals surface area contributed by atoms with E-state index in [1.54, 1.807) is 0 Å². The maximum Gasteiger partial charge on any atom is 0.223 e. The summed E-state index contributed by atoms with van der Waals surface area (Å²) in [7, 11) is 0. The van der Waals surface area contributed by atoms with E-state index < -0.39 is 0 Å². The number of carbonyl (C=O) groups is 1. The number of rotatable bonds is 3. The Balaban J connectivity index is 1.85. The Bertz CT molecular complexity index is 384. The molecule has 92 valence electrons. The number of hydrogen-bond donors (Lipinski definition) is 1. The van der Waals surface area contributed by atoms with Gasteiger partial charge in [0.05, 0.1) is 0 Å². The quantitative estimate of drug-likeness (QED) is 0.867. The molecule has 17 heavy (non-hydrogen) atoms. The van der Waals surface area contributed by atoms with Gasteiger partial charge in [0.1, 0.15) is 0 Å². The van der Waals surface area contributed by atoms with Crippen molar-refractivity contribution in [1.82, 2.24) is 5.32 Å². The Morgan fingerprint density at radius 3 is 2.76 bits per heavy atom. The van der Waals surface area contributed by atoms with Gasteiger partial charge in [0, 0.05) is 25.7 Å². The molecule has 0 aromatic heterocycles. The van der Waals surface area contributed by atoms with E-state index in [4.69, 9.17) is 4.74 Å². The second-order valence-electron chi connectivity index (χ2n) is 4.53. The number of aryl methyl sites for hydroxylation is 1. The summed E-state index contributed by atoms with van der Waals surface area (Å²) in [6.07, 6.45) is 1.69. The fourth-order valence-electron chi connectivity index (χ4n) is 2.09. The minimum absolute atomic E-state index is 0.132. The largest absolute Gasteiger partial charge is 0.381 e. The smallest absolute Gasteiger partial charge is 0.223 e. The summed E-state index contributed by atoms with van der Waals surface area (Å²) in [6, 6.07) is 8.14. The van der Waals surface area contributed by atoms with E-state index in [1.165, 1.54) is 11.1 Å². The monoisotopic (exact) mass is 233 g/mol. The standard InChI is InChI=1S/C14H19NO2/c1-11-4-2-3-5-13(11)10-15-14(16)12-6-8-17-9-7-12/h2-5,12H,6-10H2,1H3,(H,15,16). The molecule has 1 amide bonds. The zero-order valence-corrected chi connectivity index (χ0v) is 10.2. The van der Waals surface area contributed by atoms with Crippen LogP contribution in [-0.4, -0.2) is 19.1 Å². The van der Waals surface area contributed by atoms with E-state index in [0.29, 0.717) is 19.8 Å². The first-order valence-corrected chi connectivity index (χ1v) is 6.17. The topological polar surface area (TPSA) is 38.3 Å². The molecule has 0 bridgehead atoms. The second kappa shape index (κ2) is 5.82. The number of nitrogens with one attached hydrogen (secondary N) is 1. The minimum Gasteiger partial charge on any atom is -0.381 e. The zero-order chi connectivity index (χ0) is 12.1. The van der Waals surface area contributed by atoms with Gasteiger partial charge in [0.15, 0.2) is 0 Å². The number of benzene rings is 1. The van der Waals surface area contributed by atoms with Crippen LogP contribution in [0, 0.1) is 12.8 Å². The third-order valence-electron chi connectivity index (χ3n) is 3.31. The number of ether oxygens (including phenoxy) is 1. The molecule has 3 nitrogen and oxygen atoms in total. The Morgan fingerprint density at radius 2 is 2.06 bits per heavy atom. The second-order valence-corrected chi connectivity index (χ2v) is 4.53. The van der Waals surface area contributed by atoms with Gasteiger partial charge in [-0.05, 0) is 30.9 Å². The van der Waals surface area contributed by atoms with Crippen LogP contribution in [0.25, 0.3) is 0 Å². The minimum atomic E-state index is 0.132. The highest BCUT2D eigenvalue weighted by molar-refractivity contribution is 5.78. The summed E-state index contributed by atoms with van der Waals surface area (Å²) < 4.78 is 5.25. The van der Waals surface area contributed by atoms with E-state index in [9.17, 15) is 4.79 Å². The Kier molecular flexibility index (Phi) is 4.15. The van der Waals surface area contributed by atoms with Crippen LogP contribution in [0.2, 0.25) is 0 Å². The first-order valence-electron chi connectivity index (χ1n) is 6.17. The van der Waals surface area contributed by atoms with E-state index in [0.717, 1.165) is 12.8 Å². The lowest BCUT2D eigenvalue weighted by atomic mass is 9.99. The van der Waals surface area contributed by atoms with Crippen LogP contribution in [0.1, 0.15) is 24.0 Å². The van der Waals surface area contributed by atoms with Gasteiger partial charge in [0.2, 0.25) is 5.91 Å². The normalized spacial score (nSPS) is 16.8. The molecule has 0 unspecified atom stereocenters. The van der Waals surface area contributed by atoms with Crippen molar-refractivity contribution in [3.8, 4) is 0 Å². The molecule has 3 heteroatoms. The fourth-order valence-corrected chi connectivity index (χ4v) is 2.09. The van der Waals surface area contributed by atoms with Crippen molar-refractivity contribution in [3.05, 3.63) is 35.4 Å². The summed E-state index contributed by atoms with van der Waals surface area (Å²) >= 11 is 0. The van der Waals surface area contributed by atoms with E-state index in [2.05, 4.69) is 24.4 Å². The molecule has 1 aliphatic rings. The van der Waals surface area contributed by atoms with Crippen molar-refractivity contribution in [2.24, 2.45) is 5.92 Å². The molecule has 0 radical (unpaired) electrons. The summed E-state index contributed by atoms with van der Waals surface area (Å²) in [5, 5.41) is 3.02. The summed E-state index contributed by atoms with van der Waals surface area (Å²) in [5.74, 6) is 0.296. The molecular weight excluding hydrogens is 214 g/mol. The van der Waals surface area contributed by atoms with Gasteiger partial charge in [-0.15, -0.1) is 0 Å². The molecule has 0 aliphatic carbocycles. The fraction of sp³-hybridized carbons (Fsp3) is 0.500. The third-order valence-corrected chi connectivity index (χ3v) is 3.31. The lowest BCUT2D eigenvalue weighted by Gasteiger charge is -2.21. The summed E-state index contributed by atoms with van der Waals surface area (Å²) in [4.78, 5) is 11.9. The van der Waals surface area contributed by atoms with Gasteiger partial charge in [0.25, 0.3) is 0 Å². The maximum atomic E-state index is 11.9. The maximum absolute atomic E-state index is 11.9. The van der Waals surface area contributed by atoms with E-state index in [-0.39, 0.29) is 11.8 Å². The van der Waals surface area contributed by atoms with Crippen molar-refractivity contribution < 1.29 is 9.53 Å². The third kappa shape index (κ3) is 3.30. The molecule has 0 saturated carbocycles. The molecule has 0 spiro atoms. The van der Waals surface area contributed by atoms with Crippen molar-refractivity contribution in [3.63, 3.8) is 0 Å². The molecule has 2 rings (SSSR count). The molecule has 1 aliphatic heterocycles. The van der Waals surface area contributed by atoms with Gasteiger partial charge in [-0.2, -0.15) is 0 Å². The van der Waals surface area contributed by atoms with Gasteiger partial charge < -0.3 is 10.1 Å². The predicted molar refractivity (Wildman–Crippen MR) is 66.6 cm³/mol. The zero-order valence-electron chi connectivity index (χ0n) is 10.2. The molecule has 1 aromatic rings. The van der Waals surface area contributed by atoms with Crippen molar-refractivity contribution in [2.75, 3.05) is 13.2 Å². The summed E-state index contributed by atoms with van der Waals surface area (Å²) in [6.45, 7) is 4.11. The lowest BCUT2D eigenvalue weighted by molar-refractivity contribution is -0.128. The van der Waals surface area contributed by atoms with E-state index >= 15 is 0 Å². The molecule has 1 N–H and O–H groups in total. The Morgan fingerprint density at radius 1 is 1.35 bits per heavy atom. The number of amides is 1. The Hall–Kier alpha value is -1.35. The predicted octanol–water partition coefficient (Wildman–Crippen LogP) is 2.04. The van der Waals surface area contributed by atoms with Crippen LogP contribution < -0.4 is 5.32 Å². The first-order chi connectivity index (χ1) is 8.27. The number of carbonyl (C=O) groups excluding carboxylic acids is 1. The average molecular weight is 233 g/mol. The highest BCUT2D eigenvalue weighted by Crippen LogP contribution is 2.15. The first kappa shape index (κ1) is 12.1. The van der Waals surface area contributed by atoms with Gasteiger partial charge in [-0.25, -0.2) is 0 Å². The van der Waals surface area contributed by atoms with Crippen LogP contribution in [0.3, 0.4) is 0 Å².